The van der Waals surface area contributed by atoms with E-state index in [4.69, 9.17) is 0 Å². The highest BCUT2D eigenvalue weighted by molar-refractivity contribution is 7.99. The summed E-state index contributed by atoms with van der Waals surface area (Å²) in [6.45, 7) is 6.81. The monoisotopic (exact) mass is 545 g/mol. The van der Waals surface area contributed by atoms with Crippen LogP contribution in [0.5, 0.6) is 0 Å². The van der Waals surface area contributed by atoms with E-state index in [1.807, 2.05) is 18.0 Å². The Labute approximate surface area is 245 Å². The molecule has 0 amide bonds. The quantitative estimate of drug-likeness (QED) is 0.205. The van der Waals surface area contributed by atoms with Crippen molar-refractivity contribution in [1.82, 2.24) is 4.98 Å². The first-order valence-electron chi connectivity index (χ1n) is 14.5. The highest BCUT2D eigenvalue weighted by Crippen LogP contribution is 2.49. The van der Waals surface area contributed by atoms with Crippen LogP contribution in [0.15, 0.2) is 113 Å². The van der Waals surface area contributed by atoms with Crippen molar-refractivity contribution in [3.63, 3.8) is 0 Å². The predicted molar refractivity (Wildman–Crippen MR) is 177 cm³/mol. The molecule has 6 aromatic rings. The highest BCUT2D eigenvalue weighted by Gasteiger charge is 2.23. The van der Waals surface area contributed by atoms with Gasteiger partial charge in [-0.25, -0.2) is 0 Å². The van der Waals surface area contributed by atoms with Crippen LogP contribution in [-0.2, 0) is 11.8 Å². The summed E-state index contributed by atoms with van der Waals surface area (Å²) in [5, 5.41) is 7.80. The van der Waals surface area contributed by atoms with Crippen LogP contribution in [0.1, 0.15) is 49.4 Å². The number of rotatable bonds is 3. The molecule has 1 nitrogen and oxygen atoms in total. The normalized spacial score (nSPS) is 14.2. The molecule has 0 bridgehead atoms. The van der Waals surface area contributed by atoms with Crippen LogP contribution in [-0.4, -0.2) is 4.98 Å². The van der Waals surface area contributed by atoms with Crippen molar-refractivity contribution in [2.24, 2.45) is 0 Å². The van der Waals surface area contributed by atoms with Crippen LogP contribution >= 0.6 is 11.8 Å². The predicted octanol–water partition coefficient (Wildman–Crippen LogP) is 11.0. The Morgan fingerprint density at radius 3 is 2.34 bits per heavy atom. The Hall–Kier alpha value is -4.14. The van der Waals surface area contributed by atoms with Crippen LogP contribution in [0.2, 0.25) is 0 Å². The molecule has 1 aromatic heterocycles. The zero-order valence-corrected chi connectivity index (χ0v) is 24.5. The third-order valence-corrected chi connectivity index (χ3v) is 9.96. The van der Waals surface area contributed by atoms with Gasteiger partial charge in [0, 0.05) is 27.6 Å². The van der Waals surface area contributed by atoms with Gasteiger partial charge in [-0.05, 0) is 102 Å². The third kappa shape index (κ3) is 3.89. The lowest BCUT2D eigenvalue weighted by molar-refractivity contribution is 0.590. The Morgan fingerprint density at radius 1 is 0.707 bits per heavy atom. The number of fused-ring (bicyclic) bond motifs is 2. The summed E-state index contributed by atoms with van der Waals surface area (Å²) < 4.78 is 0. The number of aromatic nitrogens is 1. The zero-order valence-electron chi connectivity index (χ0n) is 23.7. The second-order valence-electron chi connectivity index (χ2n) is 12.3. The van der Waals surface area contributed by atoms with Gasteiger partial charge in [0.1, 0.15) is 0 Å². The van der Waals surface area contributed by atoms with Crippen molar-refractivity contribution in [3.05, 3.63) is 126 Å². The summed E-state index contributed by atoms with van der Waals surface area (Å²) in [6, 6.07) is 29.6. The molecule has 0 atom stereocenters. The molecule has 0 fully saturated rings. The van der Waals surface area contributed by atoms with Crippen LogP contribution in [0.4, 0.5) is 0 Å². The maximum absolute atomic E-state index is 4.66. The minimum absolute atomic E-state index is 0.140. The molecule has 0 unspecified atom stereocenters. The zero-order chi connectivity index (χ0) is 27.7. The van der Waals surface area contributed by atoms with Crippen LogP contribution < -0.4 is 0 Å². The summed E-state index contributed by atoms with van der Waals surface area (Å²) in [4.78, 5) is 7.20. The van der Waals surface area contributed by atoms with E-state index < -0.39 is 0 Å². The van der Waals surface area contributed by atoms with Gasteiger partial charge in [0.05, 0.1) is 0 Å². The van der Waals surface area contributed by atoms with Gasteiger partial charge in [-0.15, -0.1) is 0 Å². The Bertz CT molecular complexity index is 2030. The number of benzene rings is 5. The summed E-state index contributed by atoms with van der Waals surface area (Å²) in [5.41, 5.74) is 9.75. The molecule has 1 heterocycles. The van der Waals surface area contributed by atoms with Gasteiger partial charge in [-0.1, -0.05) is 111 Å². The van der Waals surface area contributed by atoms with Gasteiger partial charge in [0.25, 0.3) is 0 Å². The molecule has 0 spiro atoms. The summed E-state index contributed by atoms with van der Waals surface area (Å²) in [6.07, 6.45) is 13.1. The number of allylic oxidation sites excluding steroid dienone is 3. The molecule has 0 radical (unpaired) electrons. The molecule has 0 aliphatic heterocycles. The van der Waals surface area contributed by atoms with E-state index >= 15 is 0 Å². The third-order valence-electron chi connectivity index (χ3n) is 8.81. The fraction of sp³-hybridized carbons (Fsp3) is 0.154. The van der Waals surface area contributed by atoms with Gasteiger partial charge in [0.15, 0.2) is 0 Å². The molecule has 2 aliphatic rings. The molecule has 5 aromatic carbocycles. The van der Waals surface area contributed by atoms with E-state index in [1.165, 1.54) is 81.1 Å². The molecule has 0 N–H and O–H groups in total. The number of hydrogen-bond acceptors (Lipinski definition) is 2. The first-order valence-corrected chi connectivity index (χ1v) is 15.3. The topological polar surface area (TPSA) is 12.9 Å². The molecule has 41 heavy (non-hydrogen) atoms. The SMILES string of the molecule is CC(C)(C)c1ccc(Sc2c3ccccc3c(-c3ccc4c5c6c(ccc35)C=CCC6=CC4)c3cnccc23)cc1. The van der Waals surface area contributed by atoms with E-state index in [1.54, 1.807) is 0 Å². The Morgan fingerprint density at radius 2 is 1.51 bits per heavy atom. The summed E-state index contributed by atoms with van der Waals surface area (Å²) in [5.74, 6) is 0. The van der Waals surface area contributed by atoms with Crippen LogP contribution in [0, 0.1) is 0 Å². The minimum atomic E-state index is 0.140. The number of hydrogen-bond donors (Lipinski definition) is 0. The average Bonchev–Trinajstić information content (AvgIpc) is 3.00. The second-order valence-corrected chi connectivity index (χ2v) is 13.4. The van der Waals surface area contributed by atoms with E-state index in [2.05, 4.69) is 129 Å². The van der Waals surface area contributed by atoms with Crippen molar-refractivity contribution in [2.75, 3.05) is 0 Å². The lowest BCUT2D eigenvalue weighted by atomic mass is 9.79. The van der Waals surface area contributed by atoms with Crippen molar-refractivity contribution in [1.29, 1.82) is 0 Å². The Balaban J connectivity index is 1.39. The van der Waals surface area contributed by atoms with E-state index in [0.717, 1.165) is 12.8 Å². The lowest BCUT2D eigenvalue weighted by Crippen LogP contribution is -2.10. The van der Waals surface area contributed by atoms with Gasteiger partial charge >= 0.3 is 0 Å². The standard InChI is InChI=1S/C39H31NS/c1-39(2,3)27-15-17-28(18-16-27)41-38-32-10-5-4-9-29(32)37(34-23-40-22-21-33(34)38)31-20-14-26-12-11-24-7-6-8-25-13-19-30(31)36(26)35(24)25/h4-6,8-11,13-23H,7,12H2,1-3H3. The van der Waals surface area contributed by atoms with Gasteiger partial charge in [0.2, 0.25) is 0 Å². The molecular formula is C39H31NS. The lowest BCUT2D eigenvalue weighted by Gasteiger charge is -2.25. The molecule has 0 saturated carbocycles. The largest absolute Gasteiger partial charge is 0.264 e. The fourth-order valence-electron chi connectivity index (χ4n) is 6.76. The van der Waals surface area contributed by atoms with Crippen molar-refractivity contribution < 1.29 is 0 Å². The minimum Gasteiger partial charge on any atom is -0.264 e. The summed E-state index contributed by atoms with van der Waals surface area (Å²) >= 11 is 1.86. The van der Waals surface area contributed by atoms with Crippen molar-refractivity contribution in [2.45, 2.75) is 48.8 Å². The van der Waals surface area contributed by atoms with E-state index in [-0.39, 0.29) is 5.41 Å². The number of pyridine rings is 1. The maximum atomic E-state index is 4.66. The molecule has 198 valence electrons. The van der Waals surface area contributed by atoms with Crippen molar-refractivity contribution in [3.8, 4) is 11.1 Å². The fourth-order valence-corrected chi connectivity index (χ4v) is 7.85. The molecule has 0 saturated heterocycles. The van der Waals surface area contributed by atoms with E-state index in [9.17, 15) is 0 Å². The first-order chi connectivity index (χ1) is 20.0. The van der Waals surface area contributed by atoms with Gasteiger partial charge in [-0.3, -0.25) is 4.98 Å². The first kappa shape index (κ1) is 24.6. The summed E-state index contributed by atoms with van der Waals surface area (Å²) in [7, 11) is 0. The molecule has 2 aliphatic carbocycles. The maximum Gasteiger partial charge on any atom is 0.0353 e. The highest BCUT2D eigenvalue weighted by atomic mass is 32.2. The molecular weight excluding hydrogens is 515 g/mol. The smallest absolute Gasteiger partial charge is 0.0353 e. The second kappa shape index (κ2) is 9.19. The molecule has 8 rings (SSSR count). The van der Waals surface area contributed by atoms with Gasteiger partial charge < -0.3 is 0 Å². The van der Waals surface area contributed by atoms with Crippen LogP contribution in [0.25, 0.3) is 55.1 Å². The van der Waals surface area contributed by atoms with Gasteiger partial charge in [-0.2, -0.15) is 0 Å². The van der Waals surface area contributed by atoms with Crippen LogP contribution in [0.3, 0.4) is 0 Å². The molecule has 2 heteroatoms. The average molecular weight is 546 g/mol. The van der Waals surface area contributed by atoms with E-state index in [0.29, 0.717) is 0 Å². The Kier molecular flexibility index (Phi) is 5.52. The number of nitrogens with zero attached hydrogens (tertiary/aromatic N) is 1. The van der Waals surface area contributed by atoms with Crippen molar-refractivity contribution >= 4 is 55.7 Å².